The normalized spacial score (nSPS) is 11.5. The van der Waals surface area contributed by atoms with Gasteiger partial charge < -0.3 is 0 Å². The average Bonchev–Trinajstić information content (AvgIpc) is 2.46. The van der Waals surface area contributed by atoms with Gasteiger partial charge in [0.1, 0.15) is 0 Å². The quantitative estimate of drug-likeness (QED) is 0.863. The molecule has 0 bridgehead atoms. The van der Waals surface area contributed by atoms with Crippen LogP contribution in [0.3, 0.4) is 0 Å². The summed E-state index contributed by atoms with van der Waals surface area (Å²) >= 11 is 1.66. The van der Waals surface area contributed by atoms with Gasteiger partial charge in [-0.1, -0.05) is 29.8 Å². The van der Waals surface area contributed by atoms with E-state index in [2.05, 4.69) is 4.72 Å². The fourth-order valence-electron chi connectivity index (χ4n) is 1.72. The van der Waals surface area contributed by atoms with E-state index in [1.165, 1.54) is 0 Å². The van der Waals surface area contributed by atoms with E-state index in [4.69, 9.17) is 0 Å². The van der Waals surface area contributed by atoms with Crippen molar-refractivity contribution < 1.29 is 8.42 Å². The number of thioether (sulfide) groups is 1. The van der Waals surface area contributed by atoms with Crippen molar-refractivity contribution in [2.24, 2.45) is 0 Å². The number of benzene rings is 2. The maximum absolute atomic E-state index is 12.1. The molecule has 0 aliphatic carbocycles. The average molecular weight is 307 g/mol. The molecule has 0 fully saturated rings. The summed E-state index contributed by atoms with van der Waals surface area (Å²) in [5.41, 5.74) is 1.98. The van der Waals surface area contributed by atoms with Crippen molar-refractivity contribution in [3.63, 3.8) is 0 Å². The van der Waals surface area contributed by atoms with Gasteiger partial charge in [-0.15, -0.1) is 11.8 Å². The molecule has 0 radical (unpaired) electrons. The van der Waals surface area contributed by atoms with E-state index in [0.29, 0.717) is 11.4 Å². The number of rotatable bonds is 5. The molecule has 0 spiro atoms. The molecule has 2 aromatic carbocycles. The van der Waals surface area contributed by atoms with Crippen molar-refractivity contribution in [2.45, 2.75) is 23.3 Å². The van der Waals surface area contributed by atoms with Gasteiger partial charge >= 0.3 is 0 Å². The molecule has 0 saturated carbocycles. The molecule has 0 atom stereocenters. The van der Waals surface area contributed by atoms with Crippen LogP contribution in [0.1, 0.15) is 11.1 Å². The van der Waals surface area contributed by atoms with E-state index in [-0.39, 0.29) is 0 Å². The standard InChI is InChI=1S/C15H17NO2S2/c1-12-3-9-15(10-4-12)20(17,18)16-11-13-5-7-14(19-2)8-6-13/h3-10,16H,11H2,1-2H3. The Balaban J connectivity index is 2.06. The summed E-state index contributed by atoms with van der Waals surface area (Å²) < 4.78 is 26.9. The van der Waals surface area contributed by atoms with Gasteiger partial charge in [0.15, 0.2) is 0 Å². The maximum atomic E-state index is 12.1. The van der Waals surface area contributed by atoms with Crippen LogP contribution in [0.2, 0.25) is 0 Å². The predicted molar refractivity (Wildman–Crippen MR) is 83.4 cm³/mol. The molecule has 2 aromatic rings. The van der Waals surface area contributed by atoms with Crippen LogP contribution in [0.15, 0.2) is 58.3 Å². The number of nitrogens with one attached hydrogen (secondary N) is 1. The Hall–Kier alpha value is -1.30. The Kier molecular flexibility index (Phi) is 4.86. The lowest BCUT2D eigenvalue weighted by Gasteiger charge is -2.07. The number of hydrogen-bond acceptors (Lipinski definition) is 3. The van der Waals surface area contributed by atoms with Crippen molar-refractivity contribution in [1.29, 1.82) is 0 Å². The van der Waals surface area contributed by atoms with E-state index in [0.717, 1.165) is 16.0 Å². The molecule has 106 valence electrons. The van der Waals surface area contributed by atoms with Crippen LogP contribution >= 0.6 is 11.8 Å². The lowest BCUT2D eigenvalue weighted by Crippen LogP contribution is -2.23. The van der Waals surface area contributed by atoms with Crippen LogP contribution in [0.5, 0.6) is 0 Å². The molecule has 2 rings (SSSR count). The highest BCUT2D eigenvalue weighted by atomic mass is 32.2. The minimum Gasteiger partial charge on any atom is -0.207 e. The molecular formula is C15H17NO2S2. The van der Waals surface area contributed by atoms with Gasteiger partial charge in [0.2, 0.25) is 10.0 Å². The summed E-state index contributed by atoms with van der Waals surface area (Å²) in [7, 11) is -3.45. The summed E-state index contributed by atoms with van der Waals surface area (Å²) in [5.74, 6) is 0. The van der Waals surface area contributed by atoms with Gasteiger partial charge in [-0.3, -0.25) is 0 Å². The van der Waals surface area contributed by atoms with Crippen molar-refractivity contribution in [2.75, 3.05) is 6.26 Å². The molecule has 1 N–H and O–H groups in total. The first-order chi connectivity index (χ1) is 9.51. The van der Waals surface area contributed by atoms with Crippen molar-refractivity contribution in [3.05, 3.63) is 59.7 Å². The topological polar surface area (TPSA) is 46.2 Å². The highest BCUT2D eigenvalue weighted by molar-refractivity contribution is 7.98. The highest BCUT2D eigenvalue weighted by Gasteiger charge is 2.12. The van der Waals surface area contributed by atoms with Gasteiger partial charge in [-0.25, -0.2) is 13.1 Å². The third kappa shape index (κ3) is 3.85. The lowest BCUT2D eigenvalue weighted by atomic mass is 10.2. The van der Waals surface area contributed by atoms with Gasteiger partial charge in [0.05, 0.1) is 4.90 Å². The molecule has 0 amide bonds. The maximum Gasteiger partial charge on any atom is 0.240 e. The van der Waals surface area contributed by atoms with Crippen molar-refractivity contribution in [3.8, 4) is 0 Å². The second kappa shape index (κ2) is 6.43. The molecule has 5 heteroatoms. The summed E-state index contributed by atoms with van der Waals surface area (Å²) in [6.45, 7) is 2.22. The van der Waals surface area contributed by atoms with E-state index < -0.39 is 10.0 Å². The molecular weight excluding hydrogens is 290 g/mol. The first-order valence-electron chi connectivity index (χ1n) is 6.20. The third-order valence-electron chi connectivity index (χ3n) is 2.96. The van der Waals surface area contributed by atoms with Crippen LogP contribution in [0.25, 0.3) is 0 Å². The molecule has 0 aliphatic heterocycles. The predicted octanol–water partition coefficient (Wildman–Crippen LogP) is 3.20. The Morgan fingerprint density at radius 1 is 1.00 bits per heavy atom. The van der Waals surface area contributed by atoms with Crippen molar-refractivity contribution in [1.82, 2.24) is 4.72 Å². The van der Waals surface area contributed by atoms with E-state index >= 15 is 0 Å². The largest absolute Gasteiger partial charge is 0.240 e. The van der Waals surface area contributed by atoms with Crippen LogP contribution in [0.4, 0.5) is 0 Å². The van der Waals surface area contributed by atoms with Gasteiger partial charge in [-0.05, 0) is 43.0 Å². The molecule has 0 aliphatic rings. The number of aryl methyl sites for hydroxylation is 1. The summed E-state index contributed by atoms with van der Waals surface area (Å²) in [5, 5.41) is 0. The zero-order valence-corrected chi connectivity index (χ0v) is 13.1. The summed E-state index contributed by atoms with van der Waals surface area (Å²) in [4.78, 5) is 1.46. The zero-order valence-electron chi connectivity index (χ0n) is 11.5. The summed E-state index contributed by atoms with van der Waals surface area (Å²) in [6, 6.07) is 14.7. The Bertz CT molecular complexity index is 662. The second-order valence-electron chi connectivity index (χ2n) is 4.49. The Morgan fingerprint density at radius 2 is 1.60 bits per heavy atom. The molecule has 20 heavy (non-hydrogen) atoms. The molecule has 3 nitrogen and oxygen atoms in total. The Morgan fingerprint density at radius 3 is 2.15 bits per heavy atom. The van der Waals surface area contributed by atoms with Crippen LogP contribution < -0.4 is 4.72 Å². The van der Waals surface area contributed by atoms with Crippen LogP contribution in [-0.4, -0.2) is 14.7 Å². The SMILES string of the molecule is CSc1ccc(CNS(=O)(=O)c2ccc(C)cc2)cc1. The number of sulfonamides is 1. The lowest BCUT2D eigenvalue weighted by molar-refractivity contribution is 0.581. The monoisotopic (exact) mass is 307 g/mol. The zero-order chi connectivity index (χ0) is 14.6. The fraction of sp³-hybridized carbons (Fsp3) is 0.200. The van der Waals surface area contributed by atoms with Gasteiger partial charge in [0, 0.05) is 11.4 Å². The van der Waals surface area contributed by atoms with E-state index in [1.807, 2.05) is 37.4 Å². The highest BCUT2D eigenvalue weighted by Crippen LogP contribution is 2.15. The van der Waals surface area contributed by atoms with Gasteiger partial charge in [-0.2, -0.15) is 0 Å². The number of hydrogen-bond donors (Lipinski definition) is 1. The first kappa shape index (κ1) is 15.1. The molecule has 0 saturated heterocycles. The van der Waals surface area contributed by atoms with Crippen molar-refractivity contribution >= 4 is 21.8 Å². The fourth-order valence-corrected chi connectivity index (χ4v) is 3.15. The minimum absolute atomic E-state index is 0.295. The third-order valence-corrected chi connectivity index (χ3v) is 5.12. The first-order valence-corrected chi connectivity index (χ1v) is 8.91. The Labute approximate surface area is 124 Å². The molecule has 0 unspecified atom stereocenters. The van der Waals surface area contributed by atoms with E-state index in [9.17, 15) is 8.42 Å². The van der Waals surface area contributed by atoms with E-state index in [1.54, 1.807) is 36.0 Å². The molecule has 0 heterocycles. The van der Waals surface area contributed by atoms with Gasteiger partial charge in [0.25, 0.3) is 0 Å². The van der Waals surface area contributed by atoms with Crippen LogP contribution in [-0.2, 0) is 16.6 Å². The van der Waals surface area contributed by atoms with Crippen LogP contribution in [0, 0.1) is 6.92 Å². The smallest absolute Gasteiger partial charge is 0.207 e. The minimum atomic E-state index is -3.45. The summed E-state index contributed by atoms with van der Waals surface area (Å²) in [6.07, 6.45) is 2.01. The second-order valence-corrected chi connectivity index (χ2v) is 7.13. The molecule has 0 aromatic heterocycles.